The summed E-state index contributed by atoms with van der Waals surface area (Å²) in [4.78, 5) is 10.5. The Morgan fingerprint density at radius 3 is 2.46 bits per heavy atom. The van der Waals surface area contributed by atoms with E-state index < -0.39 is 5.97 Å². The van der Waals surface area contributed by atoms with Crippen LogP contribution in [0.4, 0.5) is 0 Å². The molecular formula is C10H18O3. The summed E-state index contributed by atoms with van der Waals surface area (Å²) in [6.07, 6.45) is 0.757. The van der Waals surface area contributed by atoms with Gasteiger partial charge in [0.15, 0.2) is 0 Å². The van der Waals surface area contributed by atoms with Gasteiger partial charge < -0.3 is 10.2 Å². The third kappa shape index (κ3) is 1.85. The Hall–Kier alpha value is -0.570. The fourth-order valence-corrected chi connectivity index (χ4v) is 2.43. The highest BCUT2D eigenvalue weighted by Gasteiger charge is 2.50. The van der Waals surface area contributed by atoms with E-state index in [1.165, 1.54) is 0 Å². The number of aliphatic hydroxyl groups excluding tert-OH is 1. The highest BCUT2D eigenvalue weighted by atomic mass is 16.4. The van der Waals surface area contributed by atoms with Gasteiger partial charge in [0.05, 0.1) is 6.10 Å². The van der Waals surface area contributed by atoms with E-state index in [4.69, 9.17) is 5.11 Å². The van der Waals surface area contributed by atoms with Crippen LogP contribution in [0.2, 0.25) is 0 Å². The quantitative estimate of drug-likeness (QED) is 0.702. The van der Waals surface area contributed by atoms with Crippen molar-refractivity contribution in [3.8, 4) is 0 Å². The second-order valence-corrected chi connectivity index (χ2v) is 4.70. The van der Waals surface area contributed by atoms with E-state index in [9.17, 15) is 9.90 Å². The summed E-state index contributed by atoms with van der Waals surface area (Å²) in [6, 6.07) is 0. The topological polar surface area (TPSA) is 57.5 Å². The van der Waals surface area contributed by atoms with Crippen molar-refractivity contribution in [2.24, 2.45) is 17.3 Å². The van der Waals surface area contributed by atoms with Crippen LogP contribution in [0.5, 0.6) is 0 Å². The molecule has 0 saturated heterocycles. The number of aliphatic hydroxyl groups is 1. The van der Waals surface area contributed by atoms with Crippen LogP contribution in [-0.4, -0.2) is 22.3 Å². The first-order valence-electron chi connectivity index (χ1n) is 4.75. The number of carboxylic acid groups (broad SMARTS) is 1. The van der Waals surface area contributed by atoms with Crippen LogP contribution >= 0.6 is 0 Å². The fourth-order valence-electron chi connectivity index (χ4n) is 2.43. The van der Waals surface area contributed by atoms with Gasteiger partial charge in [-0.2, -0.15) is 0 Å². The van der Waals surface area contributed by atoms with Gasteiger partial charge in [0, 0.05) is 6.42 Å². The zero-order valence-corrected chi connectivity index (χ0v) is 8.45. The van der Waals surface area contributed by atoms with Crippen LogP contribution in [-0.2, 0) is 4.79 Å². The average Bonchev–Trinajstić information content (AvgIpc) is 1.96. The number of hydrogen-bond donors (Lipinski definition) is 2. The van der Waals surface area contributed by atoms with Crippen LogP contribution < -0.4 is 0 Å². The van der Waals surface area contributed by atoms with Gasteiger partial charge in [0.2, 0.25) is 0 Å². The minimum atomic E-state index is -0.734. The van der Waals surface area contributed by atoms with Crippen molar-refractivity contribution in [1.82, 2.24) is 0 Å². The lowest BCUT2D eigenvalue weighted by Gasteiger charge is -2.53. The molecule has 0 aromatic heterocycles. The number of carbonyl (C=O) groups is 1. The predicted octanol–water partition coefficient (Wildman–Crippen LogP) is 1.50. The summed E-state index contributed by atoms with van der Waals surface area (Å²) < 4.78 is 0. The molecule has 0 radical (unpaired) electrons. The van der Waals surface area contributed by atoms with E-state index in [-0.39, 0.29) is 29.8 Å². The molecule has 3 nitrogen and oxygen atoms in total. The zero-order chi connectivity index (χ0) is 10.2. The Bertz CT molecular complexity index is 208. The predicted molar refractivity (Wildman–Crippen MR) is 49.3 cm³/mol. The van der Waals surface area contributed by atoms with Crippen molar-refractivity contribution < 1.29 is 15.0 Å². The van der Waals surface area contributed by atoms with Crippen molar-refractivity contribution in [2.45, 2.75) is 39.7 Å². The molecule has 1 fully saturated rings. The van der Waals surface area contributed by atoms with Gasteiger partial charge in [-0.1, -0.05) is 13.8 Å². The average molecular weight is 186 g/mol. The highest BCUT2D eigenvalue weighted by Crippen LogP contribution is 2.54. The third-order valence-electron chi connectivity index (χ3n) is 3.55. The lowest BCUT2D eigenvalue weighted by molar-refractivity contribution is -0.147. The standard InChI is InChI=1S/C10H18O3/c1-6(11)8-4-7(5-9(12)13)10(8,2)3/h6-8,11H,4-5H2,1-3H3,(H,12,13)/t6-,7+,8-/m0/s1. The normalized spacial score (nSPS) is 33.5. The Balaban J connectivity index is 2.54. The molecule has 0 aromatic rings. The van der Waals surface area contributed by atoms with Gasteiger partial charge in [-0.25, -0.2) is 0 Å². The molecule has 76 valence electrons. The minimum absolute atomic E-state index is 0.0213. The molecule has 13 heavy (non-hydrogen) atoms. The van der Waals surface area contributed by atoms with Gasteiger partial charge >= 0.3 is 5.97 Å². The first-order valence-corrected chi connectivity index (χ1v) is 4.75. The van der Waals surface area contributed by atoms with Gasteiger partial charge in [0.25, 0.3) is 0 Å². The molecule has 1 saturated carbocycles. The maximum absolute atomic E-state index is 10.5. The SMILES string of the molecule is C[C@H](O)[C@@H]1C[C@H](CC(=O)O)C1(C)C. The molecular weight excluding hydrogens is 168 g/mol. The molecule has 0 aliphatic heterocycles. The summed E-state index contributed by atoms with van der Waals surface area (Å²) in [5, 5.41) is 18.1. The van der Waals surface area contributed by atoms with E-state index in [1.807, 2.05) is 13.8 Å². The Morgan fingerprint density at radius 2 is 2.15 bits per heavy atom. The van der Waals surface area contributed by atoms with Crippen molar-refractivity contribution >= 4 is 5.97 Å². The molecule has 0 spiro atoms. The lowest BCUT2D eigenvalue weighted by Crippen LogP contribution is -2.50. The largest absolute Gasteiger partial charge is 0.481 e. The summed E-state index contributed by atoms with van der Waals surface area (Å²) in [6.45, 7) is 5.87. The van der Waals surface area contributed by atoms with Gasteiger partial charge in [-0.15, -0.1) is 0 Å². The summed E-state index contributed by atoms with van der Waals surface area (Å²) in [7, 11) is 0. The van der Waals surface area contributed by atoms with E-state index in [2.05, 4.69) is 0 Å². The van der Waals surface area contributed by atoms with E-state index in [1.54, 1.807) is 6.92 Å². The monoisotopic (exact) mass is 186 g/mol. The van der Waals surface area contributed by atoms with Gasteiger partial charge in [0.1, 0.15) is 0 Å². The first-order chi connectivity index (χ1) is 5.85. The summed E-state index contributed by atoms with van der Waals surface area (Å²) in [5.74, 6) is -0.247. The first kappa shape index (κ1) is 10.5. The maximum atomic E-state index is 10.5. The Labute approximate surface area is 78.8 Å². The molecule has 0 amide bonds. The van der Waals surface area contributed by atoms with E-state index in [0.717, 1.165) is 6.42 Å². The fraction of sp³-hybridized carbons (Fsp3) is 0.900. The molecule has 1 aliphatic carbocycles. The number of carboxylic acids is 1. The van der Waals surface area contributed by atoms with Crippen molar-refractivity contribution in [2.75, 3.05) is 0 Å². The summed E-state index contributed by atoms with van der Waals surface area (Å²) >= 11 is 0. The molecule has 1 aliphatic rings. The molecule has 0 unspecified atom stereocenters. The second kappa shape index (κ2) is 3.29. The highest BCUT2D eigenvalue weighted by molar-refractivity contribution is 5.67. The van der Waals surface area contributed by atoms with Crippen LogP contribution in [0.25, 0.3) is 0 Å². The van der Waals surface area contributed by atoms with Crippen LogP contribution in [0.15, 0.2) is 0 Å². The van der Waals surface area contributed by atoms with Crippen LogP contribution in [0.3, 0.4) is 0 Å². The van der Waals surface area contributed by atoms with Gasteiger partial charge in [-0.05, 0) is 30.6 Å². The number of rotatable bonds is 3. The molecule has 3 heteroatoms. The van der Waals surface area contributed by atoms with Gasteiger partial charge in [-0.3, -0.25) is 4.79 Å². The third-order valence-corrected chi connectivity index (χ3v) is 3.55. The minimum Gasteiger partial charge on any atom is -0.481 e. The van der Waals surface area contributed by atoms with E-state index in [0.29, 0.717) is 0 Å². The van der Waals surface area contributed by atoms with E-state index >= 15 is 0 Å². The Kier molecular flexibility index (Phi) is 2.66. The Morgan fingerprint density at radius 1 is 1.62 bits per heavy atom. The molecule has 3 atom stereocenters. The summed E-state index contributed by atoms with van der Waals surface area (Å²) in [5.41, 5.74) is -0.0213. The molecule has 0 bridgehead atoms. The molecule has 1 rings (SSSR count). The van der Waals surface area contributed by atoms with Crippen LogP contribution in [0, 0.1) is 17.3 Å². The van der Waals surface area contributed by atoms with Crippen LogP contribution in [0.1, 0.15) is 33.6 Å². The maximum Gasteiger partial charge on any atom is 0.303 e. The number of aliphatic carboxylic acids is 1. The van der Waals surface area contributed by atoms with Crippen molar-refractivity contribution in [3.63, 3.8) is 0 Å². The second-order valence-electron chi connectivity index (χ2n) is 4.70. The number of hydrogen-bond acceptors (Lipinski definition) is 2. The molecule has 0 heterocycles. The molecule has 0 aromatic carbocycles. The lowest BCUT2D eigenvalue weighted by atomic mass is 9.52. The smallest absolute Gasteiger partial charge is 0.303 e. The zero-order valence-electron chi connectivity index (χ0n) is 8.45. The van der Waals surface area contributed by atoms with Crippen molar-refractivity contribution in [1.29, 1.82) is 0 Å². The molecule has 2 N–H and O–H groups in total. The van der Waals surface area contributed by atoms with Crippen molar-refractivity contribution in [3.05, 3.63) is 0 Å².